The first-order valence-electron chi connectivity index (χ1n) is 5.55. The molecular weight excluding hydrogens is 290 g/mol. The molecule has 7 heteroatoms. The summed E-state index contributed by atoms with van der Waals surface area (Å²) in [6, 6.07) is -0.450. The van der Waals surface area contributed by atoms with Gasteiger partial charge in [-0.15, -0.1) is 23.7 Å². The summed E-state index contributed by atoms with van der Waals surface area (Å²) in [6.45, 7) is 4.20. The highest BCUT2D eigenvalue weighted by atomic mass is 35.5. The van der Waals surface area contributed by atoms with Crippen LogP contribution in [0.15, 0.2) is 6.20 Å². The van der Waals surface area contributed by atoms with Gasteiger partial charge in [-0.25, -0.2) is 4.98 Å². The van der Waals surface area contributed by atoms with Crippen molar-refractivity contribution >= 4 is 46.5 Å². The third kappa shape index (κ3) is 5.56. The number of hydrogen-bond acceptors (Lipinski definition) is 5. The number of nitrogens with zero attached hydrogens (tertiary/aromatic N) is 1. The first kappa shape index (κ1) is 17.7. The number of amides is 1. The smallest absolute Gasteiger partial charge is 0.243 e. The van der Waals surface area contributed by atoms with Crippen LogP contribution in [0.4, 0.5) is 5.13 Å². The fraction of sp³-hybridized carbons (Fsp3) is 0.636. The molecule has 0 saturated heterocycles. The van der Waals surface area contributed by atoms with E-state index in [9.17, 15) is 4.79 Å². The Morgan fingerprint density at radius 1 is 1.61 bits per heavy atom. The van der Waals surface area contributed by atoms with Gasteiger partial charge in [-0.3, -0.25) is 4.79 Å². The van der Waals surface area contributed by atoms with Crippen molar-refractivity contribution in [2.24, 2.45) is 5.73 Å². The van der Waals surface area contributed by atoms with Crippen LogP contribution in [0.5, 0.6) is 0 Å². The van der Waals surface area contributed by atoms with E-state index in [-0.39, 0.29) is 18.3 Å². The first-order valence-corrected chi connectivity index (χ1v) is 7.76. The number of aromatic nitrogens is 1. The number of carbonyl (C=O) groups is 1. The van der Waals surface area contributed by atoms with Crippen molar-refractivity contribution in [2.45, 2.75) is 32.2 Å². The molecule has 0 unspecified atom stereocenters. The highest BCUT2D eigenvalue weighted by molar-refractivity contribution is 7.98. The molecule has 3 N–H and O–H groups in total. The Morgan fingerprint density at radius 3 is 2.78 bits per heavy atom. The molecule has 104 valence electrons. The van der Waals surface area contributed by atoms with Crippen molar-refractivity contribution in [3.05, 3.63) is 11.1 Å². The minimum atomic E-state index is -0.450. The summed E-state index contributed by atoms with van der Waals surface area (Å²) in [7, 11) is 0. The minimum Gasteiger partial charge on any atom is -0.320 e. The average Bonchev–Trinajstić information content (AvgIpc) is 2.74. The summed E-state index contributed by atoms with van der Waals surface area (Å²) in [5, 5.41) is 3.40. The lowest BCUT2D eigenvalue weighted by Gasteiger charge is -2.09. The number of nitrogens with one attached hydrogen (secondary N) is 1. The van der Waals surface area contributed by atoms with E-state index in [0.29, 0.717) is 17.5 Å². The molecule has 0 aliphatic heterocycles. The molecule has 1 heterocycles. The van der Waals surface area contributed by atoms with Gasteiger partial charge in [0.05, 0.1) is 6.04 Å². The fourth-order valence-corrected chi connectivity index (χ4v) is 2.50. The maximum atomic E-state index is 11.7. The van der Waals surface area contributed by atoms with E-state index < -0.39 is 6.04 Å². The summed E-state index contributed by atoms with van der Waals surface area (Å²) in [6.07, 6.45) is 4.49. The lowest BCUT2D eigenvalue weighted by molar-refractivity contribution is -0.117. The van der Waals surface area contributed by atoms with Crippen LogP contribution in [0.2, 0.25) is 0 Å². The van der Waals surface area contributed by atoms with E-state index in [1.54, 1.807) is 18.0 Å². The lowest BCUT2D eigenvalue weighted by atomic mass is 10.2. The molecule has 18 heavy (non-hydrogen) atoms. The molecule has 0 aromatic carbocycles. The number of nitrogens with two attached hydrogens (primary N) is 1. The molecule has 1 aromatic rings. The van der Waals surface area contributed by atoms with Crippen LogP contribution in [-0.4, -0.2) is 28.9 Å². The summed E-state index contributed by atoms with van der Waals surface area (Å²) in [5.41, 5.74) is 5.77. The molecule has 1 amide bonds. The Hall–Kier alpha value is -0.300. The minimum absolute atomic E-state index is 0. The van der Waals surface area contributed by atoms with Gasteiger partial charge in [-0.1, -0.05) is 13.8 Å². The van der Waals surface area contributed by atoms with Crippen LogP contribution < -0.4 is 11.1 Å². The van der Waals surface area contributed by atoms with Gasteiger partial charge < -0.3 is 11.1 Å². The fourth-order valence-electron chi connectivity index (χ4n) is 1.19. The molecule has 0 aliphatic rings. The third-order valence-electron chi connectivity index (χ3n) is 2.29. The Labute approximate surface area is 123 Å². The standard InChI is InChI=1S/C11H19N3OS2.ClH/c1-7(2)9-6-13-11(17-9)14-10(15)8(12)4-5-16-3;/h6-8H,4-5,12H2,1-3H3,(H,13,14,15);1H/t8-;/m0./s1. The van der Waals surface area contributed by atoms with Crippen molar-refractivity contribution in [3.8, 4) is 0 Å². The molecule has 1 aromatic heterocycles. The number of anilines is 1. The summed E-state index contributed by atoms with van der Waals surface area (Å²) in [5.74, 6) is 1.18. The van der Waals surface area contributed by atoms with Gasteiger partial charge in [0.15, 0.2) is 5.13 Å². The van der Waals surface area contributed by atoms with Crippen molar-refractivity contribution in [1.29, 1.82) is 0 Å². The van der Waals surface area contributed by atoms with Gasteiger partial charge in [0, 0.05) is 11.1 Å². The zero-order valence-electron chi connectivity index (χ0n) is 10.8. The normalized spacial score (nSPS) is 12.1. The number of hydrogen-bond donors (Lipinski definition) is 2. The Bertz CT molecular complexity index is 371. The second-order valence-corrected chi connectivity index (χ2v) is 6.15. The van der Waals surface area contributed by atoms with Crippen LogP contribution >= 0.6 is 35.5 Å². The zero-order chi connectivity index (χ0) is 12.8. The predicted molar refractivity (Wildman–Crippen MR) is 83.1 cm³/mol. The van der Waals surface area contributed by atoms with Gasteiger partial charge in [0.1, 0.15) is 0 Å². The second-order valence-electron chi connectivity index (χ2n) is 4.10. The van der Waals surface area contributed by atoms with Crippen LogP contribution in [-0.2, 0) is 4.79 Å². The largest absolute Gasteiger partial charge is 0.320 e. The van der Waals surface area contributed by atoms with Crippen LogP contribution in [0.25, 0.3) is 0 Å². The maximum absolute atomic E-state index is 11.7. The predicted octanol–water partition coefficient (Wildman–Crippen LogP) is 2.71. The van der Waals surface area contributed by atoms with Crippen molar-refractivity contribution in [1.82, 2.24) is 4.98 Å². The molecule has 1 atom stereocenters. The molecule has 0 aliphatic carbocycles. The van der Waals surface area contributed by atoms with Crippen molar-refractivity contribution in [3.63, 3.8) is 0 Å². The quantitative estimate of drug-likeness (QED) is 0.848. The molecule has 0 fully saturated rings. The van der Waals surface area contributed by atoms with Gasteiger partial charge in [0.2, 0.25) is 5.91 Å². The highest BCUT2D eigenvalue weighted by Gasteiger charge is 2.15. The van der Waals surface area contributed by atoms with Crippen molar-refractivity contribution < 1.29 is 4.79 Å². The monoisotopic (exact) mass is 309 g/mol. The summed E-state index contributed by atoms with van der Waals surface area (Å²) < 4.78 is 0. The molecular formula is C11H20ClN3OS2. The summed E-state index contributed by atoms with van der Waals surface area (Å²) in [4.78, 5) is 17.0. The summed E-state index contributed by atoms with van der Waals surface area (Å²) >= 11 is 3.20. The van der Waals surface area contributed by atoms with E-state index >= 15 is 0 Å². The Kier molecular flexibility index (Phi) is 8.60. The van der Waals surface area contributed by atoms with Gasteiger partial charge in [-0.05, 0) is 24.3 Å². The van der Waals surface area contributed by atoms with Crippen LogP contribution in [0.3, 0.4) is 0 Å². The molecule has 0 radical (unpaired) electrons. The van der Waals surface area contributed by atoms with E-state index in [0.717, 1.165) is 10.6 Å². The van der Waals surface area contributed by atoms with Gasteiger partial charge >= 0.3 is 0 Å². The molecule has 4 nitrogen and oxygen atoms in total. The Balaban J connectivity index is 0.00000289. The van der Waals surface area contributed by atoms with E-state index in [2.05, 4.69) is 24.1 Å². The first-order chi connectivity index (χ1) is 8.04. The van der Waals surface area contributed by atoms with Gasteiger partial charge in [-0.2, -0.15) is 11.8 Å². The number of thioether (sulfide) groups is 1. The Morgan fingerprint density at radius 2 is 2.28 bits per heavy atom. The average molecular weight is 310 g/mol. The zero-order valence-corrected chi connectivity index (χ0v) is 13.3. The van der Waals surface area contributed by atoms with Crippen LogP contribution in [0.1, 0.15) is 31.1 Å². The topological polar surface area (TPSA) is 68.0 Å². The number of carbonyl (C=O) groups excluding carboxylic acids is 1. The molecule has 0 spiro atoms. The number of rotatable bonds is 6. The van der Waals surface area contributed by atoms with E-state index in [1.165, 1.54) is 11.3 Å². The molecule has 0 bridgehead atoms. The SMILES string of the molecule is CSCC[C@H](N)C(=O)Nc1ncc(C(C)C)s1.Cl. The van der Waals surface area contributed by atoms with E-state index in [1.807, 2.05) is 6.26 Å². The van der Waals surface area contributed by atoms with E-state index in [4.69, 9.17) is 5.73 Å². The van der Waals surface area contributed by atoms with Crippen LogP contribution in [0, 0.1) is 0 Å². The second kappa shape index (κ2) is 8.74. The molecule has 0 saturated carbocycles. The lowest BCUT2D eigenvalue weighted by Crippen LogP contribution is -2.36. The van der Waals surface area contributed by atoms with Crippen molar-refractivity contribution in [2.75, 3.05) is 17.3 Å². The maximum Gasteiger partial charge on any atom is 0.243 e. The molecule has 1 rings (SSSR count). The number of thiazole rings is 1. The van der Waals surface area contributed by atoms with Gasteiger partial charge in [0.25, 0.3) is 0 Å². The number of halogens is 1. The third-order valence-corrected chi connectivity index (χ3v) is 4.15. The highest BCUT2D eigenvalue weighted by Crippen LogP contribution is 2.25.